The van der Waals surface area contributed by atoms with Gasteiger partial charge in [0.15, 0.2) is 9.84 Å². The topological polar surface area (TPSA) is 65.1 Å². The van der Waals surface area contributed by atoms with Crippen LogP contribution in [0.25, 0.3) is 16.6 Å². The molecule has 0 unspecified atom stereocenters. The van der Waals surface area contributed by atoms with Crippen LogP contribution in [0.15, 0.2) is 41.4 Å². The van der Waals surface area contributed by atoms with E-state index in [4.69, 9.17) is 17.3 Å². The van der Waals surface area contributed by atoms with E-state index in [-0.39, 0.29) is 10.0 Å². The zero-order valence-corrected chi connectivity index (χ0v) is 14.0. The number of hydrogen-bond donors (Lipinski definition) is 1. The standard InChI is InChI=1S/C16H14ClFN2O2S/c1-9-5-14(19)11-8-16(23(2,21)22)20(15(11)6-9)10-3-4-13(18)12(17)7-10/h3-8H,19H2,1-2H3. The molecule has 2 N–H and O–H groups in total. The highest BCUT2D eigenvalue weighted by Gasteiger charge is 2.20. The van der Waals surface area contributed by atoms with Crippen LogP contribution in [0.4, 0.5) is 10.1 Å². The van der Waals surface area contributed by atoms with Crippen molar-refractivity contribution in [3.63, 3.8) is 0 Å². The van der Waals surface area contributed by atoms with Gasteiger partial charge in [0.05, 0.1) is 10.5 Å². The Kier molecular flexibility index (Phi) is 3.61. The van der Waals surface area contributed by atoms with E-state index in [9.17, 15) is 12.8 Å². The first kappa shape index (κ1) is 15.8. The summed E-state index contributed by atoms with van der Waals surface area (Å²) in [5.41, 5.74) is 8.48. The molecule has 0 aliphatic carbocycles. The van der Waals surface area contributed by atoms with Crippen molar-refractivity contribution in [3.05, 3.63) is 52.8 Å². The summed E-state index contributed by atoms with van der Waals surface area (Å²) in [5.74, 6) is -0.566. The number of nitrogens with two attached hydrogens (primary N) is 1. The minimum atomic E-state index is -3.53. The number of sulfone groups is 1. The fraction of sp³-hybridized carbons (Fsp3) is 0.125. The Hall–Kier alpha value is -2.05. The number of nitrogens with zero attached hydrogens (tertiary/aromatic N) is 1. The Labute approximate surface area is 138 Å². The second-order valence-electron chi connectivity index (χ2n) is 5.48. The number of fused-ring (bicyclic) bond motifs is 1. The van der Waals surface area contributed by atoms with Crippen LogP contribution in [0.1, 0.15) is 5.56 Å². The molecule has 7 heteroatoms. The Morgan fingerprint density at radius 2 is 1.87 bits per heavy atom. The summed E-state index contributed by atoms with van der Waals surface area (Å²) in [7, 11) is -3.53. The van der Waals surface area contributed by atoms with E-state index < -0.39 is 15.7 Å². The van der Waals surface area contributed by atoms with Crippen molar-refractivity contribution in [2.75, 3.05) is 12.0 Å². The zero-order chi connectivity index (χ0) is 16.9. The molecule has 1 heterocycles. The van der Waals surface area contributed by atoms with Gasteiger partial charge in [-0.25, -0.2) is 12.8 Å². The molecule has 2 aromatic carbocycles. The summed E-state index contributed by atoms with van der Waals surface area (Å²) in [5, 5.41) is 0.619. The number of hydrogen-bond acceptors (Lipinski definition) is 3. The predicted octanol–water partition coefficient (Wildman–Crippen LogP) is 3.72. The molecule has 0 amide bonds. The molecule has 3 rings (SSSR count). The summed E-state index contributed by atoms with van der Waals surface area (Å²) in [6.07, 6.45) is 1.12. The van der Waals surface area contributed by atoms with E-state index in [0.29, 0.717) is 22.3 Å². The SMILES string of the molecule is Cc1cc(N)c2cc(S(C)(=O)=O)n(-c3ccc(F)c(Cl)c3)c2c1. The lowest BCUT2D eigenvalue weighted by atomic mass is 10.1. The van der Waals surface area contributed by atoms with Gasteiger partial charge in [0.2, 0.25) is 0 Å². The van der Waals surface area contributed by atoms with E-state index in [1.807, 2.05) is 13.0 Å². The highest BCUT2D eigenvalue weighted by molar-refractivity contribution is 7.90. The van der Waals surface area contributed by atoms with Gasteiger partial charge in [-0.05, 0) is 48.9 Å². The van der Waals surface area contributed by atoms with Crippen LogP contribution in [0.5, 0.6) is 0 Å². The molecule has 0 radical (unpaired) electrons. The van der Waals surface area contributed by atoms with Crippen LogP contribution in [0, 0.1) is 12.7 Å². The first-order valence-corrected chi connectivity index (χ1v) is 9.02. The lowest BCUT2D eigenvalue weighted by Gasteiger charge is -2.11. The van der Waals surface area contributed by atoms with Gasteiger partial charge in [-0.15, -0.1) is 0 Å². The van der Waals surface area contributed by atoms with E-state index in [0.717, 1.165) is 11.8 Å². The largest absolute Gasteiger partial charge is 0.398 e. The monoisotopic (exact) mass is 352 g/mol. The van der Waals surface area contributed by atoms with Gasteiger partial charge < -0.3 is 10.3 Å². The second kappa shape index (κ2) is 5.25. The maximum atomic E-state index is 13.4. The normalized spacial score (nSPS) is 12.0. The Morgan fingerprint density at radius 1 is 1.17 bits per heavy atom. The summed E-state index contributed by atoms with van der Waals surface area (Å²) in [4.78, 5) is 0. The van der Waals surface area contributed by atoms with Gasteiger partial charge in [-0.1, -0.05) is 11.6 Å². The van der Waals surface area contributed by atoms with E-state index >= 15 is 0 Å². The number of benzene rings is 2. The van der Waals surface area contributed by atoms with E-state index in [1.54, 1.807) is 6.07 Å². The maximum absolute atomic E-state index is 13.4. The molecular formula is C16H14ClFN2O2S. The minimum absolute atomic E-state index is 0.0764. The number of aromatic nitrogens is 1. The summed E-state index contributed by atoms with van der Waals surface area (Å²) in [6.45, 7) is 1.87. The summed E-state index contributed by atoms with van der Waals surface area (Å²) >= 11 is 5.85. The van der Waals surface area contributed by atoms with Gasteiger partial charge >= 0.3 is 0 Å². The van der Waals surface area contributed by atoms with Crippen molar-refractivity contribution >= 4 is 38.0 Å². The number of anilines is 1. The molecule has 0 spiro atoms. The van der Waals surface area contributed by atoms with Crippen LogP contribution < -0.4 is 5.73 Å². The van der Waals surface area contributed by atoms with Gasteiger partial charge in [0.1, 0.15) is 10.8 Å². The molecule has 0 bridgehead atoms. The maximum Gasteiger partial charge on any atom is 0.191 e. The minimum Gasteiger partial charge on any atom is -0.398 e. The Bertz CT molecular complexity index is 1040. The predicted molar refractivity (Wildman–Crippen MR) is 90.5 cm³/mol. The first-order valence-electron chi connectivity index (χ1n) is 6.75. The van der Waals surface area contributed by atoms with Crippen LogP contribution in [-0.4, -0.2) is 19.2 Å². The number of rotatable bonds is 2. The highest BCUT2D eigenvalue weighted by atomic mass is 35.5. The van der Waals surface area contributed by atoms with Gasteiger partial charge in [0, 0.05) is 23.0 Å². The summed E-state index contributed by atoms with van der Waals surface area (Å²) < 4.78 is 39.3. The molecule has 1 aromatic heterocycles. The second-order valence-corrected chi connectivity index (χ2v) is 7.85. The molecule has 0 saturated heterocycles. The average Bonchev–Trinajstić information content (AvgIpc) is 2.81. The van der Waals surface area contributed by atoms with Gasteiger partial charge in [0.25, 0.3) is 0 Å². The third kappa shape index (κ3) is 2.68. The van der Waals surface area contributed by atoms with Crippen molar-refractivity contribution in [1.82, 2.24) is 4.57 Å². The van der Waals surface area contributed by atoms with E-state index in [2.05, 4.69) is 0 Å². The molecule has 0 saturated carbocycles. The molecule has 120 valence electrons. The Balaban J connectivity index is 2.48. The van der Waals surface area contributed by atoms with Gasteiger partial charge in [-0.2, -0.15) is 0 Å². The molecule has 3 aromatic rings. The number of halogens is 2. The van der Waals surface area contributed by atoms with Crippen LogP contribution in [-0.2, 0) is 9.84 Å². The van der Waals surface area contributed by atoms with Crippen molar-refractivity contribution in [1.29, 1.82) is 0 Å². The molecular weight excluding hydrogens is 339 g/mol. The quantitative estimate of drug-likeness (QED) is 0.715. The van der Waals surface area contributed by atoms with Gasteiger partial charge in [-0.3, -0.25) is 0 Å². The van der Waals surface area contributed by atoms with Crippen molar-refractivity contribution in [2.45, 2.75) is 11.9 Å². The highest BCUT2D eigenvalue weighted by Crippen LogP contribution is 2.33. The van der Waals surface area contributed by atoms with E-state index in [1.165, 1.54) is 28.8 Å². The van der Waals surface area contributed by atoms with Crippen molar-refractivity contribution < 1.29 is 12.8 Å². The van der Waals surface area contributed by atoms with Crippen LogP contribution in [0.2, 0.25) is 5.02 Å². The lowest BCUT2D eigenvalue weighted by Crippen LogP contribution is -2.06. The first-order chi connectivity index (χ1) is 10.7. The molecule has 0 atom stereocenters. The molecule has 0 aliphatic rings. The molecule has 0 aliphatic heterocycles. The fourth-order valence-electron chi connectivity index (χ4n) is 2.62. The average molecular weight is 353 g/mol. The third-order valence-electron chi connectivity index (χ3n) is 3.60. The number of nitrogen functional groups attached to an aromatic ring is 1. The fourth-order valence-corrected chi connectivity index (χ4v) is 3.66. The third-order valence-corrected chi connectivity index (χ3v) is 4.95. The molecule has 23 heavy (non-hydrogen) atoms. The smallest absolute Gasteiger partial charge is 0.191 e. The van der Waals surface area contributed by atoms with Crippen LogP contribution in [0.3, 0.4) is 0 Å². The summed E-state index contributed by atoms with van der Waals surface area (Å²) in [6, 6.07) is 9.21. The van der Waals surface area contributed by atoms with Crippen molar-refractivity contribution in [2.24, 2.45) is 0 Å². The zero-order valence-electron chi connectivity index (χ0n) is 12.5. The van der Waals surface area contributed by atoms with Crippen molar-refractivity contribution in [3.8, 4) is 5.69 Å². The van der Waals surface area contributed by atoms with Crippen LogP contribution >= 0.6 is 11.6 Å². The molecule has 0 fully saturated rings. The number of aryl methyl sites for hydroxylation is 1. The Morgan fingerprint density at radius 3 is 2.48 bits per heavy atom. The molecule has 4 nitrogen and oxygen atoms in total. The lowest BCUT2D eigenvalue weighted by molar-refractivity contribution is 0.596.